The molecule has 0 saturated heterocycles. The summed E-state index contributed by atoms with van der Waals surface area (Å²) in [6.07, 6.45) is -0.559. The van der Waals surface area contributed by atoms with E-state index in [1.54, 1.807) is 31.4 Å². The number of ether oxygens (including phenoxy) is 2. The van der Waals surface area contributed by atoms with E-state index < -0.39 is 17.6 Å². The van der Waals surface area contributed by atoms with E-state index in [-0.39, 0.29) is 0 Å². The van der Waals surface area contributed by atoms with Crippen molar-refractivity contribution < 1.29 is 27.0 Å². The molecule has 142 valence electrons. The predicted octanol–water partition coefficient (Wildman–Crippen LogP) is 6.10. The first-order valence-electron chi connectivity index (χ1n) is 8.51. The fourth-order valence-corrected chi connectivity index (χ4v) is 2.56. The summed E-state index contributed by atoms with van der Waals surface area (Å²) in [7, 11) is 1.69. The number of halogens is 4. The molecule has 0 amide bonds. The molecule has 0 spiro atoms. The lowest BCUT2D eigenvalue weighted by atomic mass is 10.0. The molecule has 2 rings (SSSR count). The van der Waals surface area contributed by atoms with Crippen molar-refractivity contribution in [2.45, 2.75) is 31.9 Å². The molecule has 0 unspecified atom stereocenters. The third-order valence-electron chi connectivity index (χ3n) is 3.97. The highest BCUT2D eigenvalue weighted by Crippen LogP contribution is 2.33. The number of unbranched alkanes of at least 4 members (excludes halogenated alkanes) is 3. The average molecular weight is 370 g/mol. The molecule has 0 atom stereocenters. The lowest BCUT2D eigenvalue weighted by Gasteiger charge is -2.10. The molecular formula is C20H22F4O2. The highest BCUT2D eigenvalue weighted by Gasteiger charge is 2.33. The van der Waals surface area contributed by atoms with Gasteiger partial charge in [-0.3, -0.25) is 0 Å². The van der Waals surface area contributed by atoms with Crippen LogP contribution in [-0.2, 0) is 10.9 Å². The van der Waals surface area contributed by atoms with Crippen molar-refractivity contribution in [3.8, 4) is 16.9 Å². The molecule has 2 nitrogen and oxygen atoms in total. The van der Waals surface area contributed by atoms with Gasteiger partial charge in [-0.2, -0.15) is 13.2 Å². The molecule has 2 aromatic carbocycles. The fraction of sp³-hybridized carbons (Fsp3) is 0.400. The van der Waals surface area contributed by atoms with Gasteiger partial charge in [-0.15, -0.1) is 0 Å². The Morgan fingerprint density at radius 1 is 0.808 bits per heavy atom. The molecule has 0 aliphatic heterocycles. The van der Waals surface area contributed by atoms with Crippen molar-refractivity contribution in [2.24, 2.45) is 0 Å². The number of hydrogen-bond donors (Lipinski definition) is 0. The molecule has 2 aromatic rings. The molecule has 0 aliphatic rings. The SMILES string of the molecule is COCCCCCCOc1ccc(-c2ccc(C(F)(F)F)c(F)c2)cc1. The quantitative estimate of drug-likeness (QED) is 0.392. The van der Waals surface area contributed by atoms with E-state index in [1.165, 1.54) is 6.07 Å². The second-order valence-corrected chi connectivity index (χ2v) is 5.97. The van der Waals surface area contributed by atoms with E-state index in [4.69, 9.17) is 9.47 Å². The molecule has 0 fully saturated rings. The largest absolute Gasteiger partial charge is 0.494 e. The van der Waals surface area contributed by atoms with Crippen LogP contribution < -0.4 is 4.74 Å². The molecule has 0 aliphatic carbocycles. The van der Waals surface area contributed by atoms with Crippen LogP contribution in [0, 0.1) is 5.82 Å². The highest BCUT2D eigenvalue weighted by molar-refractivity contribution is 5.64. The van der Waals surface area contributed by atoms with E-state index in [9.17, 15) is 17.6 Å². The minimum absolute atomic E-state index is 0.389. The first-order chi connectivity index (χ1) is 12.4. The maximum Gasteiger partial charge on any atom is 0.419 e. The van der Waals surface area contributed by atoms with Crippen LogP contribution in [0.1, 0.15) is 31.2 Å². The van der Waals surface area contributed by atoms with Crippen LogP contribution in [0.2, 0.25) is 0 Å². The van der Waals surface area contributed by atoms with Crippen LogP contribution in [0.3, 0.4) is 0 Å². The lowest BCUT2D eigenvalue weighted by Crippen LogP contribution is -2.07. The fourth-order valence-electron chi connectivity index (χ4n) is 2.56. The Bertz CT molecular complexity index is 681. The van der Waals surface area contributed by atoms with Crippen LogP contribution in [0.5, 0.6) is 5.75 Å². The van der Waals surface area contributed by atoms with Gasteiger partial charge in [-0.1, -0.05) is 24.6 Å². The van der Waals surface area contributed by atoms with Gasteiger partial charge in [0.1, 0.15) is 11.6 Å². The highest BCUT2D eigenvalue weighted by atomic mass is 19.4. The van der Waals surface area contributed by atoms with Crippen molar-refractivity contribution in [1.82, 2.24) is 0 Å². The Labute approximate surface area is 150 Å². The minimum atomic E-state index is -4.69. The molecule has 0 heterocycles. The normalized spacial score (nSPS) is 11.6. The van der Waals surface area contributed by atoms with E-state index in [0.29, 0.717) is 23.5 Å². The van der Waals surface area contributed by atoms with Crippen molar-refractivity contribution in [3.05, 3.63) is 53.8 Å². The van der Waals surface area contributed by atoms with Crippen molar-refractivity contribution >= 4 is 0 Å². The first-order valence-corrected chi connectivity index (χ1v) is 8.51. The summed E-state index contributed by atoms with van der Waals surface area (Å²) in [5.74, 6) is -0.596. The third-order valence-corrected chi connectivity index (χ3v) is 3.97. The standard InChI is InChI=1S/C20H22F4O2/c1-25-12-4-2-3-5-13-26-17-9-6-15(7-10-17)16-8-11-18(19(21)14-16)20(22,23)24/h6-11,14H,2-5,12-13H2,1H3. The van der Waals surface area contributed by atoms with Gasteiger partial charge in [0, 0.05) is 13.7 Å². The van der Waals surface area contributed by atoms with E-state index >= 15 is 0 Å². The van der Waals surface area contributed by atoms with Gasteiger partial charge < -0.3 is 9.47 Å². The average Bonchev–Trinajstić information content (AvgIpc) is 2.60. The van der Waals surface area contributed by atoms with Gasteiger partial charge in [0.05, 0.1) is 12.2 Å². The number of benzene rings is 2. The van der Waals surface area contributed by atoms with Crippen molar-refractivity contribution in [1.29, 1.82) is 0 Å². The van der Waals surface area contributed by atoms with Gasteiger partial charge in [-0.25, -0.2) is 4.39 Å². The Hall–Kier alpha value is -2.08. The molecule has 0 N–H and O–H groups in total. The van der Waals surface area contributed by atoms with Gasteiger partial charge in [0.25, 0.3) is 0 Å². The predicted molar refractivity (Wildman–Crippen MR) is 92.7 cm³/mol. The second-order valence-electron chi connectivity index (χ2n) is 5.97. The zero-order chi connectivity index (χ0) is 19.0. The lowest BCUT2D eigenvalue weighted by molar-refractivity contribution is -0.139. The number of alkyl halides is 3. The molecule has 0 saturated carbocycles. The smallest absolute Gasteiger partial charge is 0.419 e. The summed E-state index contributed by atoms with van der Waals surface area (Å²) in [6.45, 7) is 1.37. The molecular weight excluding hydrogens is 348 g/mol. The first kappa shape index (κ1) is 20.2. The topological polar surface area (TPSA) is 18.5 Å². The van der Waals surface area contributed by atoms with Crippen molar-refractivity contribution in [2.75, 3.05) is 20.3 Å². The Kier molecular flexibility index (Phi) is 7.45. The van der Waals surface area contributed by atoms with Crippen LogP contribution in [0.25, 0.3) is 11.1 Å². The molecule has 26 heavy (non-hydrogen) atoms. The van der Waals surface area contributed by atoms with Gasteiger partial charge in [0.2, 0.25) is 0 Å². The zero-order valence-electron chi connectivity index (χ0n) is 14.6. The summed E-state index contributed by atoms with van der Waals surface area (Å²) in [6, 6.07) is 9.80. The van der Waals surface area contributed by atoms with E-state index in [1.807, 2.05) is 0 Å². The van der Waals surface area contributed by atoms with Crippen LogP contribution >= 0.6 is 0 Å². The Balaban J connectivity index is 1.88. The molecule has 0 bridgehead atoms. The summed E-state index contributed by atoms with van der Waals surface area (Å²) < 4.78 is 62.1. The molecule has 0 radical (unpaired) electrons. The summed E-state index contributed by atoms with van der Waals surface area (Å²) in [5.41, 5.74) is -0.239. The summed E-state index contributed by atoms with van der Waals surface area (Å²) >= 11 is 0. The summed E-state index contributed by atoms with van der Waals surface area (Å²) in [4.78, 5) is 0. The van der Waals surface area contributed by atoms with E-state index in [2.05, 4.69) is 0 Å². The Morgan fingerprint density at radius 2 is 1.42 bits per heavy atom. The van der Waals surface area contributed by atoms with Gasteiger partial charge >= 0.3 is 6.18 Å². The maximum absolute atomic E-state index is 13.7. The zero-order valence-corrected chi connectivity index (χ0v) is 14.6. The van der Waals surface area contributed by atoms with Gasteiger partial charge in [-0.05, 0) is 54.7 Å². The van der Waals surface area contributed by atoms with E-state index in [0.717, 1.165) is 44.4 Å². The van der Waals surface area contributed by atoms with Crippen LogP contribution in [0.4, 0.5) is 17.6 Å². The maximum atomic E-state index is 13.7. The Morgan fingerprint density at radius 3 is 2.00 bits per heavy atom. The number of hydrogen-bond acceptors (Lipinski definition) is 2. The monoisotopic (exact) mass is 370 g/mol. The van der Waals surface area contributed by atoms with Gasteiger partial charge in [0.15, 0.2) is 0 Å². The van der Waals surface area contributed by atoms with Crippen LogP contribution in [-0.4, -0.2) is 20.3 Å². The number of methoxy groups -OCH3 is 1. The number of rotatable bonds is 9. The molecule has 0 aromatic heterocycles. The minimum Gasteiger partial charge on any atom is -0.494 e. The van der Waals surface area contributed by atoms with Crippen molar-refractivity contribution in [3.63, 3.8) is 0 Å². The molecule has 6 heteroatoms. The summed E-state index contributed by atoms with van der Waals surface area (Å²) in [5, 5.41) is 0. The third kappa shape index (κ3) is 6.02. The van der Waals surface area contributed by atoms with Crippen LogP contribution in [0.15, 0.2) is 42.5 Å². The second kappa shape index (κ2) is 9.57.